The molecule has 5 rings (SSSR count). The predicted octanol–water partition coefficient (Wildman–Crippen LogP) is 2.62. The van der Waals surface area contributed by atoms with Crippen molar-refractivity contribution in [3.8, 4) is 0 Å². The third kappa shape index (κ3) is 5.91. The number of aromatic nitrogens is 6. The van der Waals surface area contributed by atoms with E-state index in [2.05, 4.69) is 41.1 Å². The maximum Gasteiger partial charge on any atom is 0.232 e. The van der Waals surface area contributed by atoms with E-state index in [1.165, 1.54) is 22.7 Å². The van der Waals surface area contributed by atoms with Gasteiger partial charge >= 0.3 is 0 Å². The monoisotopic (exact) mass is 540 g/mol. The molecule has 2 aliphatic carbocycles. The lowest BCUT2D eigenvalue weighted by Crippen LogP contribution is -2.45. The summed E-state index contributed by atoms with van der Waals surface area (Å²) in [6, 6.07) is 1.82. The Kier molecular flexibility index (Phi) is 7.11. The molecule has 2 aliphatic rings. The van der Waals surface area contributed by atoms with E-state index in [-0.39, 0.29) is 24.7 Å². The second-order valence-corrected chi connectivity index (χ2v) is 11.7. The molecule has 0 radical (unpaired) electrons. The molecule has 2 amide bonds. The molecule has 0 aliphatic heterocycles. The highest BCUT2D eigenvalue weighted by Crippen LogP contribution is 2.66. The summed E-state index contributed by atoms with van der Waals surface area (Å²) in [5.41, 5.74) is 7.27. The Hall–Kier alpha value is -3.52. The minimum atomic E-state index is -0.225. The van der Waals surface area contributed by atoms with Crippen LogP contribution in [0.3, 0.4) is 0 Å². The van der Waals surface area contributed by atoms with Crippen molar-refractivity contribution in [3.63, 3.8) is 0 Å². The number of carbonyl (C=O) groups is 2. The normalized spacial score (nSPS) is 23.1. The maximum absolute atomic E-state index is 12.3. The van der Waals surface area contributed by atoms with Crippen LogP contribution in [0.5, 0.6) is 0 Å². The summed E-state index contributed by atoms with van der Waals surface area (Å²) >= 11 is 2.88. The smallest absolute Gasteiger partial charge is 0.232 e. The first-order valence-electron chi connectivity index (χ1n) is 11.9. The fourth-order valence-electron chi connectivity index (χ4n) is 5.02. The third-order valence-corrected chi connectivity index (χ3v) is 8.71. The van der Waals surface area contributed by atoms with Crippen molar-refractivity contribution in [1.82, 2.24) is 30.2 Å². The molecule has 194 valence electrons. The summed E-state index contributed by atoms with van der Waals surface area (Å²) < 4.78 is 1.67. The van der Waals surface area contributed by atoms with Crippen LogP contribution in [0.1, 0.15) is 59.6 Å². The van der Waals surface area contributed by atoms with Crippen LogP contribution >= 0.6 is 22.7 Å². The van der Waals surface area contributed by atoms with Gasteiger partial charge in [0.05, 0.1) is 18.5 Å². The molecule has 37 heavy (non-hydrogen) atoms. The molecular formula is C23H28N10O2S2. The van der Waals surface area contributed by atoms with Gasteiger partial charge in [0.2, 0.25) is 22.1 Å². The number of allylic oxidation sites excluding steroid dienone is 1. The van der Waals surface area contributed by atoms with Gasteiger partial charge in [0.1, 0.15) is 10.0 Å². The second kappa shape index (κ2) is 10.5. The Labute approximate surface area is 221 Å². The fourth-order valence-corrected chi connectivity index (χ4v) is 6.74. The van der Waals surface area contributed by atoms with Gasteiger partial charge in [-0.3, -0.25) is 19.3 Å². The quantitative estimate of drug-likeness (QED) is 0.348. The number of anilines is 2. The Morgan fingerprint density at radius 1 is 1.08 bits per heavy atom. The van der Waals surface area contributed by atoms with Gasteiger partial charge in [-0.15, -0.1) is 20.4 Å². The highest BCUT2D eigenvalue weighted by atomic mass is 32.1. The molecular weight excluding hydrogens is 512 g/mol. The molecule has 0 saturated heterocycles. The number of aryl methyl sites for hydroxylation is 1. The van der Waals surface area contributed by atoms with Crippen molar-refractivity contribution in [3.05, 3.63) is 39.7 Å². The van der Waals surface area contributed by atoms with E-state index in [1.807, 2.05) is 19.3 Å². The molecule has 3 heterocycles. The largest absolute Gasteiger partial charge is 0.402 e. The molecule has 3 aromatic rings. The number of nitrogens with zero attached hydrogens (tertiary/aromatic N) is 7. The summed E-state index contributed by atoms with van der Waals surface area (Å²) in [5, 5.41) is 29.7. The molecule has 0 bridgehead atoms. The molecule has 1 spiro atoms. The van der Waals surface area contributed by atoms with E-state index in [9.17, 15) is 9.59 Å². The highest BCUT2D eigenvalue weighted by Gasteiger charge is 2.55. The third-order valence-electron chi connectivity index (χ3n) is 6.70. The van der Waals surface area contributed by atoms with Crippen molar-refractivity contribution < 1.29 is 9.59 Å². The second-order valence-electron chi connectivity index (χ2n) is 9.68. The van der Waals surface area contributed by atoms with Crippen LogP contribution in [0.4, 0.5) is 10.3 Å². The number of hydrogen-bond acceptors (Lipinski definition) is 11. The Morgan fingerprint density at radius 3 is 2.22 bits per heavy atom. The minimum Gasteiger partial charge on any atom is -0.402 e. The lowest BCUT2D eigenvalue weighted by Gasteiger charge is -2.56. The summed E-state index contributed by atoms with van der Waals surface area (Å²) in [5.74, 6) is 0.371. The van der Waals surface area contributed by atoms with Crippen LogP contribution in [-0.2, 0) is 23.1 Å². The molecule has 0 aromatic carbocycles. The highest BCUT2D eigenvalue weighted by molar-refractivity contribution is 7.15. The molecule has 4 N–H and O–H groups in total. The molecule has 0 atom stereocenters. The minimum absolute atomic E-state index is 0.0795. The van der Waals surface area contributed by atoms with Crippen LogP contribution < -0.4 is 16.4 Å². The Balaban J connectivity index is 1.06. The van der Waals surface area contributed by atoms with Crippen molar-refractivity contribution in [1.29, 1.82) is 0 Å². The van der Waals surface area contributed by atoms with Gasteiger partial charge in [-0.2, -0.15) is 5.10 Å². The van der Waals surface area contributed by atoms with E-state index >= 15 is 0 Å². The number of nitrogens with two attached hydrogens (primary N) is 1. The van der Waals surface area contributed by atoms with Crippen LogP contribution in [0, 0.1) is 5.41 Å². The lowest BCUT2D eigenvalue weighted by atomic mass is 9.48. The first-order valence-corrected chi connectivity index (χ1v) is 13.6. The van der Waals surface area contributed by atoms with Crippen molar-refractivity contribution in [2.45, 2.75) is 50.4 Å². The van der Waals surface area contributed by atoms with E-state index in [0.717, 1.165) is 41.4 Å². The van der Waals surface area contributed by atoms with E-state index in [4.69, 9.17) is 5.73 Å². The van der Waals surface area contributed by atoms with Crippen LogP contribution in [0.25, 0.3) is 0 Å². The van der Waals surface area contributed by atoms with Crippen molar-refractivity contribution >= 4 is 51.0 Å². The Morgan fingerprint density at radius 2 is 1.68 bits per heavy atom. The van der Waals surface area contributed by atoms with Gasteiger partial charge in [-0.05, 0) is 43.2 Å². The molecule has 0 unspecified atom stereocenters. The number of amides is 2. The zero-order valence-electron chi connectivity index (χ0n) is 20.5. The SMILES string of the molecule is CN=CC=C(N)CC(=O)Nc1nnc(C2CC3(C2)CC(c2nnc(NC(=O)Cc4ccn(C)n4)s2)C3)s1. The fraction of sp³-hybridized carbons (Fsp3) is 0.478. The topological polar surface area (TPSA) is 166 Å². The number of aliphatic imine (C=N–C) groups is 1. The number of nitrogens with one attached hydrogen (secondary N) is 2. The van der Waals surface area contributed by atoms with Gasteiger partial charge in [0.15, 0.2) is 0 Å². The average Bonchev–Trinajstić information content (AvgIpc) is 3.53. The number of rotatable bonds is 9. The standard InChI is InChI=1S/C23H28N10O2S2/c1-25-5-3-15(24)7-17(34)26-21-30-28-19(36-21)13-9-23(10-13)11-14(12-23)20-29-31-22(37-20)27-18(35)8-16-4-6-33(2)32-16/h3-6,13-14H,7-12,24H2,1-2H3,(H,26,30,34)(H,27,31,35). The van der Waals surface area contributed by atoms with Crippen LogP contribution in [0.2, 0.25) is 0 Å². The molecule has 12 nitrogen and oxygen atoms in total. The zero-order chi connectivity index (χ0) is 26.0. The molecule has 3 aromatic heterocycles. The molecule has 14 heteroatoms. The van der Waals surface area contributed by atoms with Gasteiger partial charge in [-0.1, -0.05) is 22.7 Å². The molecule has 2 fully saturated rings. The predicted molar refractivity (Wildman–Crippen MR) is 142 cm³/mol. The van der Waals surface area contributed by atoms with Gasteiger partial charge in [0, 0.05) is 44.0 Å². The summed E-state index contributed by atoms with van der Waals surface area (Å²) in [6.45, 7) is 0. The lowest BCUT2D eigenvalue weighted by molar-refractivity contribution is -0.116. The van der Waals surface area contributed by atoms with E-state index in [1.54, 1.807) is 24.0 Å². The van der Waals surface area contributed by atoms with Gasteiger partial charge < -0.3 is 16.4 Å². The zero-order valence-corrected chi connectivity index (χ0v) is 22.2. The van der Waals surface area contributed by atoms with E-state index in [0.29, 0.717) is 33.2 Å². The van der Waals surface area contributed by atoms with Crippen LogP contribution in [0.15, 0.2) is 29.0 Å². The first kappa shape index (κ1) is 25.1. The van der Waals surface area contributed by atoms with Crippen molar-refractivity contribution in [2.24, 2.45) is 23.2 Å². The number of carbonyl (C=O) groups excluding carboxylic acids is 2. The summed E-state index contributed by atoms with van der Waals surface area (Å²) in [6.07, 6.45) is 9.50. The molecule has 2 saturated carbocycles. The van der Waals surface area contributed by atoms with Crippen LogP contribution in [-0.4, -0.2) is 55.3 Å². The Bertz CT molecular complexity index is 1340. The van der Waals surface area contributed by atoms with Gasteiger partial charge in [0.25, 0.3) is 0 Å². The van der Waals surface area contributed by atoms with E-state index < -0.39 is 0 Å². The van der Waals surface area contributed by atoms with Crippen molar-refractivity contribution in [2.75, 3.05) is 17.7 Å². The maximum atomic E-state index is 12.3. The first-order chi connectivity index (χ1) is 17.8. The summed E-state index contributed by atoms with van der Waals surface area (Å²) in [7, 11) is 3.46. The summed E-state index contributed by atoms with van der Waals surface area (Å²) in [4.78, 5) is 28.2. The average molecular weight is 541 g/mol. The van der Waals surface area contributed by atoms with Gasteiger partial charge in [-0.25, -0.2) is 0 Å². The number of hydrogen-bond donors (Lipinski definition) is 3.